The first-order chi connectivity index (χ1) is 10.1. The minimum absolute atomic E-state index is 0.306. The van der Waals surface area contributed by atoms with Gasteiger partial charge in [-0.05, 0) is 40.2 Å². The van der Waals surface area contributed by atoms with Gasteiger partial charge in [-0.15, -0.1) is 0 Å². The molecule has 0 atom stereocenters. The standard InChI is InChI=1S/C15H11BrClNO3/c16-11-6-10(7-18-8-11)9-21-14-3-1-2-13(17)12(14)4-5-15(19)20/h1-8H,9H2,(H,19,20)/b5-4+. The van der Waals surface area contributed by atoms with Gasteiger partial charge in [0.15, 0.2) is 0 Å². The van der Waals surface area contributed by atoms with Gasteiger partial charge in [-0.3, -0.25) is 4.98 Å². The maximum Gasteiger partial charge on any atom is 0.328 e. The van der Waals surface area contributed by atoms with Crippen molar-refractivity contribution >= 4 is 39.6 Å². The Balaban J connectivity index is 2.20. The molecule has 21 heavy (non-hydrogen) atoms. The van der Waals surface area contributed by atoms with Gasteiger partial charge in [0.2, 0.25) is 0 Å². The Morgan fingerprint density at radius 1 is 1.43 bits per heavy atom. The molecule has 4 nitrogen and oxygen atoms in total. The molecule has 108 valence electrons. The Kier molecular flexibility index (Phi) is 5.36. The fraction of sp³-hybridized carbons (Fsp3) is 0.0667. The smallest absolute Gasteiger partial charge is 0.328 e. The molecule has 0 bridgehead atoms. The molecule has 1 aromatic carbocycles. The second-order valence-electron chi connectivity index (χ2n) is 4.12. The molecule has 1 aromatic heterocycles. The number of aromatic nitrogens is 1. The van der Waals surface area contributed by atoms with Crippen molar-refractivity contribution in [1.82, 2.24) is 4.98 Å². The van der Waals surface area contributed by atoms with Crippen LogP contribution in [0.1, 0.15) is 11.1 Å². The van der Waals surface area contributed by atoms with Crippen molar-refractivity contribution in [2.24, 2.45) is 0 Å². The molecule has 0 aliphatic heterocycles. The van der Waals surface area contributed by atoms with Crippen LogP contribution in [0.15, 0.2) is 47.2 Å². The molecule has 0 saturated heterocycles. The number of benzene rings is 1. The van der Waals surface area contributed by atoms with Crippen LogP contribution in [-0.2, 0) is 11.4 Å². The van der Waals surface area contributed by atoms with Crippen LogP contribution in [0.4, 0.5) is 0 Å². The average molecular weight is 369 g/mol. The summed E-state index contributed by atoms with van der Waals surface area (Å²) >= 11 is 9.42. The highest BCUT2D eigenvalue weighted by atomic mass is 79.9. The van der Waals surface area contributed by atoms with Crippen LogP contribution in [0, 0.1) is 0 Å². The Hall–Kier alpha value is -1.85. The van der Waals surface area contributed by atoms with Gasteiger partial charge < -0.3 is 9.84 Å². The van der Waals surface area contributed by atoms with E-state index in [2.05, 4.69) is 20.9 Å². The van der Waals surface area contributed by atoms with Gasteiger partial charge >= 0.3 is 5.97 Å². The van der Waals surface area contributed by atoms with Crippen LogP contribution < -0.4 is 4.74 Å². The molecule has 0 fully saturated rings. The third-order valence-electron chi connectivity index (χ3n) is 2.56. The number of halogens is 2. The van der Waals surface area contributed by atoms with E-state index in [1.807, 2.05) is 6.07 Å². The Morgan fingerprint density at radius 2 is 2.24 bits per heavy atom. The number of aliphatic carboxylic acids is 1. The predicted octanol–water partition coefficient (Wildman–Crippen LogP) is 4.17. The maximum absolute atomic E-state index is 10.6. The zero-order chi connectivity index (χ0) is 15.2. The number of hydrogen-bond donors (Lipinski definition) is 1. The van der Waals surface area contributed by atoms with Crippen molar-refractivity contribution in [3.63, 3.8) is 0 Å². The summed E-state index contributed by atoms with van der Waals surface area (Å²) in [5.74, 6) is -0.531. The number of ether oxygens (including phenoxy) is 1. The zero-order valence-electron chi connectivity index (χ0n) is 10.8. The number of carboxylic acid groups (broad SMARTS) is 1. The number of nitrogens with zero attached hydrogens (tertiary/aromatic N) is 1. The van der Waals surface area contributed by atoms with Crippen molar-refractivity contribution in [2.45, 2.75) is 6.61 Å². The molecule has 0 aliphatic carbocycles. The quantitative estimate of drug-likeness (QED) is 0.805. The highest BCUT2D eigenvalue weighted by Crippen LogP contribution is 2.28. The first-order valence-electron chi connectivity index (χ1n) is 5.98. The molecule has 1 N–H and O–H groups in total. The third kappa shape index (κ3) is 4.58. The van der Waals surface area contributed by atoms with E-state index in [0.29, 0.717) is 22.9 Å². The number of hydrogen-bond acceptors (Lipinski definition) is 3. The summed E-state index contributed by atoms with van der Waals surface area (Å²) in [4.78, 5) is 14.7. The zero-order valence-corrected chi connectivity index (χ0v) is 13.1. The largest absolute Gasteiger partial charge is 0.488 e. The molecule has 0 amide bonds. The number of carboxylic acids is 1. The summed E-state index contributed by atoms with van der Waals surface area (Å²) in [6.07, 6.45) is 5.82. The average Bonchev–Trinajstić information content (AvgIpc) is 2.44. The number of carbonyl (C=O) groups is 1. The molecule has 0 saturated carbocycles. The predicted molar refractivity (Wildman–Crippen MR) is 84.4 cm³/mol. The molecular weight excluding hydrogens is 358 g/mol. The van der Waals surface area contributed by atoms with Crippen molar-refractivity contribution in [3.8, 4) is 5.75 Å². The highest BCUT2D eigenvalue weighted by Gasteiger charge is 2.06. The fourth-order valence-electron chi connectivity index (χ4n) is 1.66. The molecule has 0 aliphatic rings. The Morgan fingerprint density at radius 3 is 2.95 bits per heavy atom. The van der Waals surface area contributed by atoms with Gasteiger partial charge in [-0.25, -0.2) is 4.79 Å². The second kappa shape index (κ2) is 7.24. The summed E-state index contributed by atoms with van der Waals surface area (Å²) in [5, 5.41) is 9.14. The van der Waals surface area contributed by atoms with E-state index in [-0.39, 0.29) is 0 Å². The Labute approximate surface area is 135 Å². The summed E-state index contributed by atoms with van der Waals surface area (Å²) in [6.45, 7) is 0.306. The fourth-order valence-corrected chi connectivity index (χ4v) is 2.30. The van der Waals surface area contributed by atoms with Crippen LogP contribution >= 0.6 is 27.5 Å². The lowest BCUT2D eigenvalue weighted by Crippen LogP contribution is -1.98. The van der Waals surface area contributed by atoms with Gasteiger partial charge in [0.1, 0.15) is 12.4 Å². The summed E-state index contributed by atoms with van der Waals surface area (Å²) < 4.78 is 6.56. The Bertz CT molecular complexity index is 688. The van der Waals surface area contributed by atoms with Gasteiger partial charge in [0.25, 0.3) is 0 Å². The van der Waals surface area contributed by atoms with Crippen LogP contribution in [0.5, 0.6) is 5.75 Å². The van der Waals surface area contributed by atoms with Crippen molar-refractivity contribution in [1.29, 1.82) is 0 Å². The number of pyridine rings is 1. The summed E-state index contributed by atoms with van der Waals surface area (Å²) in [6, 6.07) is 7.05. The molecule has 0 radical (unpaired) electrons. The monoisotopic (exact) mass is 367 g/mol. The summed E-state index contributed by atoms with van der Waals surface area (Å²) in [5.41, 5.74) is 1.42. The molecule has 6 heteroatoms. The van der Waals surface area contributed by atoms with Crippen molar-refractivity contribution in [2.75, 3.05) is 0 Å². The molecule has 2 aromatic rings. The number of rotatable bonds is 5. The van der Waals surface area contributed by atoms with Crippen molar-refractivity contribution in [3.05, 3.63) is 63.4 Å². The van der Waals surface area contributed by atoms with E-state index >= 15 is 0 Å². The first-order valence-corrected chi connectivity index (χ1v) is 7.15. The lowest BCUT2D eigenvalue weighted by atomic mass is 10.2. The van der Waals surface area contributed by atoms with Crippen LogP contribution in [0.25, 0.3) is 6.08 Å². The minimum atomic E-state index is -1.04. The summed E-state index contributed by atoms with van der Waals surface area (Å²) in [7, 11) is 0. The second-order valence-corrected chi connectivity index (χ2v) is 5.45. The molecule has 0 unspecified atom stereocenters. The third-order valence-corrected chi connectivity index (χ3v) is 3.32. The van der Waals surface area contributed by atoms with Gasteiger partial charge in [0, 0.05) is 34.1 Å². The normalized spacial score (nSPS) is 10.8. The van der Waals surface area contributed by atoms with E-state index in [4.69, 9.17) is 21.4 Å². The topological polar surface area (TPSA) is 59.4 Å². The van der Waals surface area contributed by atoms with E-state index in [9.17, 15) is 4.79 Å². The van der Waals surface area contributed by atoms with Crippen molar-refractivity contribution < 1.29 is 14.6 Å². The van der Waals surface area contributed by atoms with Crippen LogP contribution in [0.2, 0.25) is 5.02 Å². The highest BCUT2D eigenvalue weighted by molar-refractivity contribution is 9.10. The van der Waals surface area contributed by atoms with Gasteiger partial charge in [-0.1, -0.05) is 17.7 Å². The van der Waals surface area contributed by atoms with E-state index in [1.54, 1.807) is 30.6 Å². The van der Waals surface area contributed by atoms with Gasteiger partial charge in [-0.2, -0.15) is 0 Å². The lowest BCUT2D eigenvalue weighted by Gasteiger charge is -2.10. The van der Waals surface area contributed by atoms with Gasteiger partial charge in [0.05, 0.1) is 5.02 Å². The van der Waals surface area contributed by atoms with Crippen LogP contribution in [0.3, 0.4) is 0 Å². The molecule has 1 heterocycles. The van der Waals surface area contributed by atoms with E-state index < -0.39 is 5.97 Å². The minimum Gasteiger partial charge on any atom is -0.488 e. The molecule has 0 spiro atoms. The van der Waals surface area contributed by atoms with Crippen LogP contribution in [-0.4, -0.2) is 16.1 Å². The molecule has 2 rings (SSSR count). The molecular formula is C15H11BrClNO3. The lowest BCUT2D eigenvalue weighted by molar-refractivity contribution is -0.131. The van der Waals surface area contributed by atoms with E-state index in [0.717, 1.165) is 16.1 Å². The first kappa shape index (κ1) is 15.5. The SMILES string of the molecule is O=C(O)/C=C/c1c(Cl)cccc1OCc1cncc(Br)c1. The van der Waals surface area contributed by atoms with E-state index in [1.165, 1.54) is 6.08 Å². The maximum atomic E-state index is 10.6.